The lowest BCUT2D eigenvalue weighted by Crippen LogP contribution is -2.73. The van der Waals surface area contributed by atoms with Gasteiger partial charge in [-0.1, -0.05) is 12.8 Å². The smallest absolute Gasteiger partial charge is 0.259 e. The van der Waals surface area contributed by atoms with Crippen molar-refractivity contribution in [3.8, 4) is 0 Å². The fourth-order valence-electron chi connectivity index (χ4n) is 10.1. The molecular weight excluding hydrogens is 549 g/mol. The summed E-state index contributed by atoms with van der Waals surface area (Å²) in [5, 5.41) is 3.49. The van der Waals surface area contributed by atoms with E-state index in [2.05, 4.69) is 29.2 Å². The zero-order chi connectivity index (χ0) is 30.0. The lowest BCUT2D eigenvalue weighted by atomic mass is 9.66. The van der Waals surface area contributed by atoms with Crippen LogP contribution in [0.5, 0.6) is 0 Å². The summed E-state index contributed by atoms with van der Waals surface area (Å²) in [5.41, 5.74) is 6.29. The first-order chi connectivity index (χ1) is 20.7. The van der Waals surface area contributed by atoms with Gasteiger partial charge in [-0.05, 0) is 90.4 Å². The highest BCUT2D eigenvalue weighted by Gasteiger charge is 2.62. The number of ether oxygens (including phenoxy) is 1. The molecule has 9 nitrogen and oxygen atoms in total. The van der Waals surface area contributed by atoms with Crippen molar-refractivity contribution in [2.45, 2.75) is 107 Å². The van der Waals surface area contributed by atoms with E-state index in [1.807, 2.05) is 6.20 Å². The molecule has 0 spiro atoms. The highest BCUT2D eigenvalue weighted by Crippen LogP contribution is 2.56. The standard InChI is InChI=1S/C33H50FN5O4/c1-37(2)11-6-5-10-36-28-25(34)13-23-29-32(28)43-27-15-22-21(19-7-3-4-8-20(19)30(22)40)14-26(27)39(29)17-24(31(23)41)33(42)38-12-9-18(35)16-38/h17-23,25-29,32,36H,3-16,35H2,1-2H3. The number of amides is 1. The molecule has 6 fully saturated rings. The maximum atomic E-state index is 16.1. The van der Waals surface area contributed by atoms with Gasteiger partial charge in [-0.15, -0.1) is 0 Å². The molecule has 0 bridgehead atoms. The van der Waals surface area contributed by atoms with Crippen molar-refractivity contribution in [3.05, 3.63) is 11.8 Å². The van der Waals surface area contributed by atoms with Gasteiger partial charge in [0.2, 0.25) is 0 Å². The molecule has 0 radical (unpaired) electrons. The predicted molar refractivity (Wildman–Crippen MR) is 160 cm³/mol. The normalized spacial score (nSPS) is 43.7. The molecule has 4 saturated carbocycles. The number of nitrogens with zero attached hydrogens (tertiary/aromatic N) is 3. The molecule has 3 N–H and O–H groups in total. The average molecular weight is 600 g/mol. The van der Waals surface area contributed by atoms with E-state index in [0.717, 1.165) is 51.5 Å². The van der Waals surface area contributed by atoms with Crippen molar-refractivity contribution in [2.75, 3.05) is 40.3 Å². The van der Waals surface area contributed by atoms with Crippen molar-refractivity contribution >= 4 is 17.5 Å². The largest absolute Gasteiger partial charge is 0.369 e. The molecule has 238 valence electrons. The molecule has 43 heavy (non-hydrogen) atoms. The third-order valence-corrected chi connectivity index (χ3v) is 12.1. The van der Waals surface area contributed by atoms with Gasteiger partial charge >= 0.3 is 0 Å². The van der Waals surface area contributed by atoms with Gasteiger partial charge in [0.25, 0.3) is 5.91 Å². The first-order valence-electron chi connectivity index (χ1n) is 17.0. The van der Waals surface area contributed by atoms with Crippen LogP contribution in [0.4, 0.5) is 4.39 Å². The highest BCUT2D eigenvalue weighted by molar-refractivity contribution is 6.20. The summed E-state index contributed by atoms with van der Waals surface area (Å²) in [5.74, 6) is 0.201. The summed E-state index contributed by atoms with van der Waals surface area (Å²) in [6, 6.07) is -0.944. The third-order valence-electron chi connectivity index (χ3n) is 12.1. The van der Waals surface area contributed by atoms with E-state index < -0.39 is 24.2 Å². The van der Waals surface area contributed by atoms with Crippen LogP contribution in [0, 0.1) is 29.6 Å². The van der Waals surface area contributed by atoms with E-state index in [0.29, 0.717) is 43.7 Å². The molecule has 7 rings (SSSR count). The van der Waals surface area contributed by atoms with Crippen LogP contribution < -0.4 is 11.1 Å². The fraction of sp³-hybridized carbons (Fsp3) is 0.848. The molecule has 10 heteroatoms. The van der Waals surface area contributed by atoms with Crippen LogP contribution in [0.25, 0.3) is 0 Å². The zero-order valence-corrected chi connectivity index (χ0v) is 25.8. The molecule has 0 aromatic rings. The number of rotatable bonds is 7. The number of halogens is 1. The summed E-state index contributed by atoms with van der Waals surface area (Å²) in [4.78, 5) is 47.4. The van der Waals surface area contributed by atoms with Gasteiger partial charge in [0.1, 0.15) is 12.0 Å². The Morgan fingerprint density at radius 1 is 1.07 bits per heavy atom. The molecule has 3 aliphatic heterocycles. The number of hydrogen-bond acceptors (Lipinski definition) is 8. The minimum absolute atomic E-state index is 0.00601. The van der Waals surface area contributed by atoms with E-state index in [-0.39, 0.29) is 59.7 Å². The quantitative estimate of drug-likeness (QED) is 0.338. The minimum atomic E-state index is -1.26. The molecule has 0 aromatic heterocycles. The second-order valence-electron chi connectivity index (χ2n) is 14.9. The monoisotopic (exact) mass is 599 g/mol. The Labute approximate surface area is 255 Å². The number of nitrogens with two attached hydrogens (primary N) is 1. The molecule has 4 aliphatic carbocycles. The third kappa shape index (κ3) is 5.18. The summed E-state index contributed by atoms with van der Waals surface area (Å²) in [6.07, 6.45) is 8.48. The van der Waals surface area contributed by atoms with Crippen molar-refractivity contribution in [1.29, 1.82) is 0 Å². The van der Waals surface area contributed by atoms with Crippen molar-refractivity contribution in [3.63, 3.8) is 0 Å². The second-order valence-corrected chi connectivity index (χ2v) is 14.9. The minimum Gasteiger partial charge on any atom is -0.369 e. The number of likely N-dealkylation sites (tertiary alicyclic amines) is 1. The van der Waals surface area contributed by atoms with Crippen LogP contribution in [0.1, 0.15) is 64.2 Å². The van der Waals surface area contributed by atoms with Gasteiger partial charge in [-0.3, -0.25) is 14.4 Å². The fourth-order valence-corrected chi connectivity index (χ4v) is 10.1. The second kappa shape index (κ2) is 11.8. The van der Waals surface area contributed by atoms with Gasteiger partial charge in [-0.25, -0.2) is 4.39 Å². The number of Topliss-reactive ketones (excluding diaryl/α,β-unsaturated/α-hetero) is 2. The van der Waals surface area contributed by atoms with E-state index in [9.17, 15) is 14.4 Å². The number of morpholine rings is 1. The van der Waals surface area contributed by atoms with Crippen molar-refractivity contribution in [2.24, 2.45) is 35.3 Å². The van der Waals surface area contributed by atoms with E-state index in [4.69, 9.17) is 10.5 Å². The van der Waals surface area contributed by atoms with Crippen LogP contribution >= 0.6 is 0 Å². The summed E-state index contributed by atoms with van der Waals surface area (Å²) >= 11 is 0. The SMILES string of the molecule is CN(C)CCCCNC1C(F)CC2C(=O)C(C(=O)N3CCC(N)C3)=CN3C4CC5C(CC4OC1C23)C(=O)C1CCCCC15. The number of carbonyl (C=O) groups is 3. The maximum absolute atomic E-state index is 16.1. The Hall–Kier alpha value is -1.88. The molecule has 1 amide bonds. The highest BCUT2D eigenvalue weighted by atomic mass is 19.1. The van der Waals surface area contributed by atoms with Gasteiger partial charge < -0.3 is 30.5 Å². The molecule has 12 atom stereocenters. The Morgan fingerprint density at radius 3 is 2.65 bits per heavy atom. The van der Waals surface area contributed by atoms with E-state index in [1.54, 1.807) is 4.90 Å². The number of nitrogens with one attached hydrogen (secondary N) is 1. The van der Waals surface area contributed by atoms with Gasteiger partial charge in [-0.2, -0.15) is 0 Å². The van der Waals surface area contributed by atoms with Gasteiger partial charge in [0.05, 0.1) is 35.9 Å². The lowest BCUT2D eigenvalue weighted by molar-refractivity contribution is -0.206. The Morgan fingerprint density at radius 2 is 1.88 bits per heavy atom. The molecule has 7 aliphatic rings. The van der Waals surface area contributed by atoms with Gasteiger partial charge in [0, 0.05) is 43.1 Å². The van der Waals surface area contributed by atoms with Gasteiger partial charge in [0.15, 0.2) is 5.78 Å². The topological polar surface area (TPSA) is 108 Å². The Kier molecular flexibility index (Phi) is 8.18. The van der Waals surface area contributed by atoms with Crippen LogP contribution in [-0.2, 0) is 19.1 Å². The molecule has 2 saturated heterocycles. The first kappa shape index (κ1) is 29.8. The predicted octanol–water partition coefficient (Wildman–Crippen LogP) is 1.89. The number of alkyl halides is 1. The summed E-state index contributed by atoms with van der Waals surface area (Å²) in [6.45, 7) is 2.64. The molecule has 0 aromatic carbocycles. The maximum Gasteiger partial charge on any atom is 0.259 e. The average Bonchev–Trinajstić information content (AvgIpc) is 3.54. The zero-order valence-electron chi connectivity index (χ0n) is 25.8. The van der Waals surface area contributed by atoms with E-state index >= 15 is 4.39 Å². The van der Waals surface area contributed by atoms with Crippen LogP contribution in [-0.4, -0.2) is 115 Å². The number of carbonyl (C=O) groups excluding carboxylic acids is 3. The van der Waals surface area contributed by atoms with Crippen LogP contribution in [0.15, 0.2) is 11.8 Å². The van der Waals surface area contributed by atoms with Crippen molar-refractivity contribution in [1.82, 2.24) is 20.0 Å². The van der Waals surface area contributed by atoms with Crippen LogP contribution in [0.3, 0.4) is 0 Å². The summed E-state index contributed by atoms with van der Waals surface area (Å²) < 4.78 is 23.0. The van der Waals surface area contributed by atoms with E-state index in [1.165, 1.54) is 6.42 Å². The summed E-state index contributed by atoms with van der Waals surface area (Å²) in [7, 11) is 4.10. The first-order valence-corrected chi connectivity index (χ1v) is 17.0. The number of unbranched alkanes of at least 4 members (excludes halogenated alkanes) is 1. The molecule has 3 heterocycles. The number of ketones is 2. The number of hydrogen-bond donors (Lipinski definition) is 2. The molecular formula is C33H50FN5O4. The lowest BCUT2D eigenvalue weighted by Gasteiger charge is -2.60. The van der Waals surface area contributed by atoms with Crippen LogP contribution in [0.2, 0.25) is 0 Å². The molecule has 12 unspecified atom stereocenters. The van der Waals surface area contributed by atoms with Crippen molar-refractivity contribution < 1.29 is 23.5 Å². The number of fused-ring (bicyclic) bond motifs is 5. The Bertz CT molecular complexity index is 1150. The Balaban J connectivity index is 1.19.